The van der Waals surface area contributed by atoms with Crippen LogP contribution in [0.3, 0.4) is 0 Å². The molecule has 0 unspecified atom stereocenters. The van der Waals surface area contributed by atoms with Gasteiger partial charge in [0.25, 0.3) is 5.91 Å². The first-order chi connectivity index (χ1) is 14.0. The molecular formula is C24H23N3O2. The molecule has 2 saturated heterocycles. The monoisotopic (exact) mass is 385 g/mol. The van der Waals surface area contributed by atoms with Crippen LogP contribution in [0.2, 0.25) is 0 Å². The summed E-state index contributed by atoms with van der Waals surface area (Å²) in [6.45, 7) is 4.01. The van der Waals surface area contributed by atoms with Crippen molar-refractivity contribution in [3.8, 4) is 0 Å². The number of rotatable bonds is 2. The SMILES string of the molecule is Cc1ccccc1N1C[C@@]2(CCN(C(=O)c3cnc4ccccc4c3)C2)CC1=O. The molecule has 146 valence electrons. The number of amides is 2. The number of hydrogen-bond acceptors (Lipinski definition) is 3. The zero-order chi connectivity index (χ0) is 20.0. The van der Waals surface area contributed by atoms with Gasteiger partial charge in [0.15, 0.2) is 0 Å². The summed E-state index contributed by atoms with van der Waals surface area (Å²) in [6, 6.07) is 17.7. The number of benzene rings is 2. The summed E-state index contributed by atoms with van der Waals surface area (Å²) in [4.78, 5) is 34.1. The van der Waals surface area contributed by atoms with Gasteiger partial charge < -0.3 is 9.80 Å². The molecule has 29 heavy (non-hydrogen) atoms. The summed E-state index contributed by atoms with van der Waals surface area (Å²) in [5.74, 6) is 0.155. The van der Waals surface area contributed by atoms with Gasteiger partial charge in [0.1, 0.15) is 0 Å². The number of carbonyl (C=O) groups is 2. The van der Waals surface area contributed by atoms with Crippen LogP contribution in [-0.2, 0) is 4.79 Å². The normalized spacial score (nSPS) is 21.5. The first kappa shape index (κ1) is 17.9. The third-order valence-corrected chi connectivity index (χ3v) is 6.29. The molecule has 3 aromatic rings. The number of nitrogens with zero attached hydrogens (tertiary/aromatic N) is 3. The number of fused-ring (bicyclic) bond motifs is 1. The second-order valence-corrected chi connectivity index (χ2v) is 8.34. The first-order valence-corrected chi connectivity index (χ1v) is 10.0. The van der Waals surface area contributed by atoms with Crippen LogP contribution in [0, 0.1) is 12.3 Å². The molecular weight excluding hydrogens is 362 g/mol. The summed E-state index contributed by atoms with van der Waals surface area (Å²) in [6.07, 6.45) is 3.02. The maximum Gasteiger partial charge on any atom is 0.255 e. The Kier molecular flexibility index (Phi) is 4.12. The molecule has 1 spiro atoms. The highest BCUT2D eigenvalue weighted by molar-refractivity contribution is 5.99. The Bertz CT molecular complexity index is 1130. The van der Waals surface area contributed by atoms with Crippen molar-refractivity contribution in [3.63, 3.8) is 0 Å². The Hall–Kier alpha value is -3.21. The van der Waals surface area contributed by atoms with Crippen molar-refractivity contribution in [1.82, 2.24) is 9.88 Å². The van der Waals surface area contributed by atoms with E-state index in [9.17, 15) is 9.59 Å². The number of aromatic nitrogens is 1. The minimum Gasteiger partial charge on any atom is -0.338 e. The molecule has 5 rings (SSSR count). The second kappa shape index (κ2) is 6.69. The van der Waals surface area contributed by atoms with Gasteiger partial charge >= 0.3 is 0 Å². The van der Waals surface area contributed by atoms with E-state index < -0.39 is 0 Å². The number of likely N-dealkylation sites (tertiary alicyclic amines) is 1. The van der Waals surface area contributed by atoms with Crippen molar-refractivity contribution in [3.05, 3.63) is 71.9 Å². The van der Waals surface area contributed by atoms with E-state index in [2.05, 4.69) is 4.98 Å². The average Bonchev–Trinajstić information content (AvgIpc) is 3.30. The van der Waals surface area contributed by atoms with Crippen molar-refractivity contribution >= 4 is 28.4 Å². The summed E-state index contributed by atoms with van der Waals surface area (Å²) in [7, 11) is 0. The van der Waals surface area contributed by atoms with Crippen molar-refractivity contribution < 1.29 is 9.59 Å². The molecule has 2 fully saturated rings. The minimum absolute atomic E-state index is 0.00178. The first-order valence-electron chi connectivity index (χ1n) is 10.0. The molecule has 1 atom stereocenters. The maximum atomic E-state index is 13.1. The lowest BCUT2D eigenvalue weighted by atomic mass is 9.86. The summed E-state index contributed by atoms with van der Waals surface area (Å²) in [5.41, 5.74) is 3.43. The standard InChI is InChI=1S/C24H23N3O2/c1-17-6-2-5-9-21(17)27-16-24(13-22(27)28)10-11-26(15-24)23(29)19-12-18-7-3-4-8-20(18)25-14-19/h2-9,12,14H,10-11,13,15-16H2,1H3/t24-/m0/s1. The van der Waals surface area contributed by atoms with E-state index in [0.717, 1.165) is 28.6 Å². The van der Waals surface area contributed by atoms with Crippen LogP contribution in [-0.4, -0.2) is 41.3 Å². The highest BCUT2D eigenvalue weighted by atomic mass is 16.2. The number of anilines is 1. The number of aryl methyl sites for hydroxylation is 1. The second-order valence-electron chi connectivity index (χ2n) is 8.34. The molecule has 0 radical (unpaired) electrons. The van der Waals surface area contributed by atoms with Crippen LogP contribution in [0.4, 0.5) is 5.69 Å². The molecule has 5 nitrogen and oxygen atoms in total. The molecule has 0 N–H and O–H groups in total. The largest absolute Gasteiger partial charge is 0.338 e. The van der Waals surface area contributed by atoms with Crippen LogP contribution in [0.15, 0.2) is 60.8 Å². The van der Waals surface area contributed by atoms with E-state index in [0.29, 0.717) is 31.6 Å². The van der Waals surface area contributed by atoms with Gasteiger partial charge in [-0.1, -0.05) is 36.4 Å². The van der Waals surface area contributed by atoms with Crippen LogP contribution in [0.5, 0.6) is 0 Å². The Morgan fingerprint density at radius 3 is 2.72 bits per heavy atom. The number of carbonyl (C=O) groups excluding carboxylic acids is 2. The van der Waals surface area contributed by atoms with Gasteiger partial charge in [-0.25, -0.2) is 0 Å². The Labute approximate surface area is 170 Å². The number of hydrogen-bond donors (Lipinski definition) is 0. The average molecular weight is 385 g/mol. The fourth-order valence-electron chi connectivity index (χ4n) is 4.73. The fourth-order valence-corrected chi connectivity index (χ4v) is 4.73. The summed E-state index contributed by atoms with van der Waals surface area (Å²) < 4.78 is 0. The van der Waals surface area contributed by atoms with Crippen LogP contribution >= 0.6 is 0 Å². The Morgan fingerprint density at radius 2 is 1.86 bits per heavy atom. The van der Waals surface area contributed by atoms with E-state index in [-0.39, 0.29) is 17.2 Å². The third kappa shape index (κ3) is 3.07. The fraction of sp³-hybridized carbons (Fsp3) is 0.292. The van der Waals surface area contributed by atoms with E-state index in [4.69, 9.17) is 0 Å². The maximum absolute atomic E-state index is 13.1. The zero-order valence-electron chi connectivity index (χ0n) is 16.5. The van der Waals surface area contributed by atoms with E-state index >= 15 is 0 Å². The van der Waals surface area contributed by atoms with Crippen LogP contribution in [0.1, 0.15) is 28.8 Å². The lowest BCUT2D eigenvalue weighted by Gasteiger charge is -2.25. The zero-order valence-corrected chi connectivity index (χ0v) is 16.5. The highest BCUT2D eigenvalue weighted by Gasteiger charge is 2.49. The van der Waals surface area contributed by atoms with Gasteiger partial charge in [-0.3, -0.25) is 14.6 Å². The van der Waals surface area contributed by atoms with Crippen molar-refractivity contribution in [2.24, 2.45) is 5.41 Å². The topological polar surface area (TPSA) is 53.5 Å². The van der Waals surface area contributed by atoms with Crippen molar-refractivity contribution in [1.29, 1.82) is 0 Å². The predicted molar refractivity (Wildman–Crippen MR) is 113 cm³/mol. The number of pyridine rings is 1. The summed E-state index contributed by atoms with van der Waals surface area (Å²) >= 11 is 0. The van der Waals surface area contributed by atoms with E-state index in [1.807, 2.05) is 71.3 Å². The quantitative estimate of drug-likeness (QED) is 0.674. The van der Waals surface area contributed by atoms with Gasteiger partial charge in [-0.15, -0.1) is 0 Å². The molecule has 0 saturated carbocycles. The minimum atomic E-state index is -0.153. The lowest BCUT2D eigenvalue weighted by molar-refractivity contribution is -0.117. The molecule has 0 aliphatic carbocycles. The van der Waals surface area contributed by atoms with Crippen LogP contribution in [0.25, 0.3) is 10.9 Å². The molecule has 2 aromatic carbocycles. The van der Waals surface area contributed by atoms with Gasteiger partial charge in [0.05, 0.1) is 11.1 Å². The van der Waals surface area contributed by atoms with Crippen LogP contribution < -0.4 is 4.90 Å². The Balaban J connectivity index is 1.36. The van der Waals surface area contributed by atoms with Crippen molar-refractivity contribution in [2.45, 2.75) is 19.8 Å². The molecule has 2 aliphatic heterocycles. The molecule has 0 bridgehead atoms. The van der Waals surface area contributed by atoms with E-state index in [1.54, 1.807) is 6.20 Å². The third-order valence-electron chi connectivity index (χ3n) is 6.29. The molecule has 5 heteroatoms. The molecule has 1 aromatic heterocycles. The van der Waals surface area contributed by atoms with Gasteiger partial charge in [0.2, 0.25) is 5.91 Å². The lowest BCUT2D eigenvalue weighted by Crippen LogP contribution is -2.34. The Morgan fingerprint density at radius 1 is 1.07 bits per heavy atom. The smallest absolute Gasteiger partial charge is 0.255 e. The van der Waals surface area contributed by atoms with Crippen molar-refractivity contribution in [2.75, 3.05) is 24.5 Å². The molecule has 2 amide bonds. The highest BCUT2D eigenvalue weighted by Crippen LogP contribution is 2.42. The van der Waals surface area contributed by atoms with Gasteiger partial charge in [-0.2, -0.15) is 0 Å². The van der Waals surface area contributed by atoms with Gasteiger partial charge in [-0.05, 0) is 37.1 Å². The molecule has 2 aliphatic rings. The molecule has 3 heterocycles. The predicted octanol–water partition coefficient (Wildman–Crippen LogP) is 3.81. The summed E-state index contributed by atoms with van der Waals surface area (Å²) in [5, 5.41) is 0.967. The number of para-hydroxylation sites is 2. The van der Waals surface area contributed by atoms with Gasteiger partial charge in [0, 0.05) is 48.7 Å². The van der Waals surface area contributed by atoms with E-state index in [1.165, 1.54) is 0 Å².